The standard InChI is InChI=1S/C10H10.C2H4O3S.K.H/c1-3-9-5-7-10(4-2)8-6-9;1-2-5-6(3)4;;/h3-8H,1-2H2;2H,1H2,(H,3,4);;/q;;+1;-1/p-1. The van der Waals surface area contributed by atoms with Gasteiger partial charge >= 0.3 is 51.4 Å². The molecule has 0 heterocycles. The molecule has 1 unspecified atom stereocenters. The fourth-order valence-corrected chi connectivity index (χ4v) is 0.935. The van der Waals surface area contributed by atoms with Gasteiger partial charge in [0.25, 0.3) is 0 Å². The van der Waals surface area contributed by atoms with Crippen molar-refractivity contribution < 1.29 is 65.8 Å². The second kappa shape index (κ2) is 12.4. The summed E-state index contributed by atoms with van der Waals surface area (Å²) in [5, 5.41) is 0. The molecule has 1 rings (SSSR count). The molecule has 0 N–H and O–H groups in total. The molecule has 0 saturated heterocycles. The number of benzene rings is 1. The summed E-state index contributed by atoms with van der Waals surface area (Å²) in [7, 11) is 0. The zero-order chi connectivity index (χ0) is 12.4. The van der Waals surface area contributed by atoms with Gasteiger partial charge in [-0.25, -0.2) is 4.21 Å². The van der Waals surface area contributed by atoms with Gasteiger partial charge in [0.2, 0.25) is 0 Å². The normalized spacial score (nSPS) is 9.71. The summed E-state index contributed by atoms with van der Waals surface area (Å²) in [6.45, 7) is 10.3. The maximum absolute atomic E-state index is 9.31. The van der Waals surface area contributed by atoms with Crippen molar-refractivity contribution >= 4 is 23.5 Å². The van der Waals surface area contributed by atoms with E-state index in [-0.39, 0.29) is 52.8 Å². The molecule has 0 aromatic heterocycles. The van der Waals surface area contributed by atoms with E-state index in [4.69, 9.17) is 0 Å². The van der Waals surface area contributed by atoms with E-state index in [2.05, 4.69) is 23.9 Å². The minimum Gasteiger partial charge on any atom is -1.00 e. The number of hydrogen-bond donors (Lipinski definition) is 0. The smallest absolute Gasteiger partial charge is 1.00 e. The zero-order valence-corrected chi connectivity index (χ0v) is 13.7. The van der Waals surface area contributed by atoms with E-state index in [1.54, 1.807) is 0 Å². The van der Waals surface area contributed by atoms with Crippen molar-refractivity contribution in [3.8, 4) is 0 Å². The van der Waals surface area contributed by atoms with Crippen LogP contribution in [0, 0.1) is 0 Å². The summed E-state index contributed by atoms with van der Waals surface area (Å²) < 4.78 is 22.3. The third-order valence-corrected chi connectivity index (χ3v) is 1.85. The first-order valence-corrected chi connectivity index (χ1v) is 5.36. The first kappa shape index (κ1) is 19.3. The van der Waals surface area contributed by atoms with Crippen LogP contribution in [0.15, 0.2) is 50.3 Å². The zero-order valence-electron chi connectivity index (χ0n) is 10.8. The Morgan fingerprint density at radius 2 is 1.47 bits per heavy atom. The van der Waals surface area contributed by atoms with Gasteiger partial charge in [-0.15, -0.1) is 0 Å². The second-order valence-electron chi connectivity index (χ2n) is 2.54. The van der Waals surface area contributed by atoms with Gasteiger partial charge < -0.3 is 10.2 Å². The Morgan fingerprint density at radius 3 is 1.59 bits per heavy atom. The van der Waals surface area contributed by atoms with Crippen LogP contribution in [0.2, 0.25) is 0 Å². The Labute approximate surface area is 149 Å². The fourth-order valence-electron chi connectivity index (χ4n) is 0.824. The molecule has 0 aliphatic carbocycles. The van der Waals surface area contributed by atoms with Crippen LogP contribution in [0.1, 0.15) is 12.6 Å². The minimum absolute atomic E-state index is 0. The molecule has 5 heteroatoms. The van der Waals surface area contributed by atoms with Gasteiger partial charge in [0, 0.05) is 0 Å². The van der Waals surface area contributed by atoms with Crippen molar-refractivity contribution in [1.82, 2.24) is 0 Å². The summed E-state index contributed by atoms with van der Waals surface area (Å²) in [6, 6.07) is 8.07. The van der Waals surface area contributed by atoms with Crippen molar-refractivity contribution in [2.24, 2.45) is 0 Å². The van der Waals surface area contributed by atoms with Crippen molar-refractivity contribution in [3.05, 3.63) is 61.4 Å². The predicted molar refractivity (Wildman–Crippen MR) is 67.9 cm³/mol. The fraction of sp³-hybridized carbons (Fsp3) is 0. The first-order chi connectivity index (χ1) is 7.63. The minimum atomic E-state index is -2.43. The molecule has 1 aromatic rings. The topological polar surface area (TPSA) is 49.4 Å². The third-order valence-electron chi connectivity index (χ3n) is 1.55. The molecule has 0 amide bonds. The Kier molecular flexibility index (Phi) is 14.1. The Balaban J connectivity index is -0.000000250. The molecule has 0 aliphatic heterocycles. The summed E-state index contributed by atoms with van der Waals surface area (Å²) in [5.74, 6) is 0. The maximum Gasteiger partial charge on any atom is 1.00 e. The van der Waals surface area contributed by atoms with Crippen molar-refractivity contribution in [1.29, 1.82) is 0 Å². The van der Waals surface area contributed by atoms with Gasteiger partial charge in [-0.1, -0.05) is 56.2 Å². The third kappa shape index (κ3) is 10.8. The van der Waals surface area contributed by atoms with Crippen molar-refractivity contribution in [3.63, 3.8) is 0 Å². The van der Waals surface area contributed by atoms with Gasteiger partial charge in [0.05, 0.1) is 6.26 Å². The van der Waals surface area contributed by atoms with Gasteiger partial charge in [0.1, 0.15) is 11.4 Å². The van der Waals surface area contributed by atoms with Gasteiger partial charge in [-0.05, 0) is 11.1 Å². The molecule has 0 spiro atoms. The molecular weight excluding hydrogens is 263 g/mol. The average Bonchev–Trinajstić information content (AvgIpc) is 2.30. The van der Waals surface area contributed by atoms with Crippen LogP contribution in [0.4, 0.5) is 0 Å². The van der Waals surface area contributed by atoms with E-state index in [1.165, 1.54) is 0 Å². The van der Waals surface area contributed by atoms with Gasteiger partial charge in [-0.3, -0.25) is 0 Å². The summed E-state index contributed by atoms with van der Waals surface area (Å²) >= 11 is -2.43. The van der Waals surface area contributed by atoms with Crippen LogP contribution in [0.25, 0.3) is 12.2 Å². The number of rotatable bonds is 4. The van der Waals surface area contributed by atoms with E-state index in [0.29, 0.717) is 0 Å². The van der Waals surface area contributed by atoms with Crippen LogP contribution in [0.3, 0.4) is 0 Å². The van der Waals surface area contributed by atoms with Gasteiger partial charge in [-0.2, -0.15) is 0 Å². The monoisotopic (exact) mass is 277 g/mol. The quantitative estimate of drug-likeness (QED) is 0.443. The largest absolute Gasteiger partial charge is 1.00 e. The molecule has 0 bridgehead atoms. The average molecular weight is 277 g/mol. The molecule has 1 atom stereocenters. The second-order valence-corrected chi connectivity index (χ2v) is 3.14. The van der Waals surface area contributed by atoms with Crippen molar-refractivity contribution in [2.75, 3.05) is 0 Å². The van der Waals surface area contributed by atoms with E-state index in [1.807, 2.05) is 36.4 Å². The van der Waals surface area contributed by atoms with E-state index in [9.17, 15) is 8.76 Å². The maximum atomic E-state index is 9.31. The molecule has 88 valence electrons. The first-order valence-electron chi connectivity index (χ1n) is 4.36. The van der Waals surface area contributed by atoms with Crippen LogP contribution >= 0.6 is 0 Å². The molecule has 0 fully saturated rings. The Morgan fingerprint density at radius 1 is 1.12 bits per heavy atom. The van der Waals surface area contributed by atoms with E-state index >= 15 is 0 Å². The summed E-state index contributed by atoms with van der Waals surface area (Å²) in [4.78, 5) is 0. The molecule has 0 saturated carbocycles. The molecular formula is C12H14KO3S-. The van der Waals surface area contributed by atoms with Crippen LogP contribution in [-0.2, 0) is 15.5 Å². The molecule has 0 radical (unpaired) electrons. The molecule has 1 aromatic carbocycles. The molecule has 0 aliphatic rings. The summed E-state index contributed by atoms with van der Waals surface area (Å²) in [5.41, 5.74) is 2.29. The van der Waals surface area contributed by atoms with E-state index in [0.717, 1.165) is 17.4 Å². The number of hydrogen-bond acceptors (Lipinski definition) is 3. The SMILES string of the molecule is C=COS(=O)[O-].C=Cc1ccc(C=C)cc1.[H-].[K+]. The summed E-state index contributed by atoms with van der Waals surface area (Å²) in [6.07, 6.45) is 4.49. The van der Waals surface area contributed by atoms with Gasteiger partial charge in [0.15, 0.2) is 0 Å². The Bertz CT molecular complexity index is 352. The van der Waals surface area contributed by atoms with Crippen LogP contribution in [-0.4, -0.2) is 8.76 Å². The van der Waals surface area contributed by atoms with E-state index < -0.39 is 11.4 Å². The van der Waals surface area contributed by atoms with Crippen LogP contribution in [0.5, 0.6) is 0 Å². The molecule has 3 nitrogen and oxygen atoms in total. The molecule has 17 heavy (non-hydrogen) atoms. The van der Waals surface area contributed by atoms with Crippen LogP contribution < -0.4 is 51.4 Å². The Hall–Kier alpha value is -0.0136. The predicted octanol–water partition coefficient (Wildman–Crippen LogP) is 0.0297. The van der Waals surface area contributed by atoms with Crippen molar-refractivity contribution in [2.45, 2.75) is 0 Å².